The van der Waals surface area contributed by atoms with Crippen LogP contribution >= 0.6 is 0 Å². The molecule has 164 valence electrons. The number of hydrogen-bond donors (Lipinski definition) is 2. The van der Waals surface area contributed by atoms with Crippen molar-refractivity contribution in [2.24, 2.45) is 4.99 Å². The lowest BCUT2D eigenvalue weighted by atomic mass is 10.1. The van der Waals surface area contributed by atoms with Crippen molar-refractivity contribution in [1.29, 1.82) is 0 Å². The Balaban J connectivity index is 1.72. The maximum atomic E-state index is 13.9. The van der Waals surface area contributed by atoms with Crippen LogP contribution in [0.4, 0.5) is 24.5 Å². The second-order valence-electron chi connectivity index (χ2n) is 8.00. The van der Waals surface area contributed by atoms with Crippen molar-refractivity contribution in [2.45, 2.75) is 39.2 Å². The molecule has 8 heteroatoms. The first-order chi connectivity index (χ1) is 14.6. The van der Waals surface area contributed by atoms with E-state index in [0.29, 0.717) is 18.7 Å². The van der Waals surface area contributed by atoms with E-state index >= 15 is 0 Å². The highest BCUT2D eigenvalue weighted by Gasteiger charge is 2.36. The summed E-state index contributed by atoms with van der Waals surface area (Å²) < 4.78 is 47.2. The van der Waals surface area contributed by atoms with Crippen LogP contribution in [0, 0.1) is 6.92 Å². The fourth-order valence-corrected chi connectivity index (χ4v) is 4.19. The van der Waals surface area contributed by atoms with Crippen molar-refractivity contribution in [1.82, 2.24) is 4.98 Å². The van der Waals surface area contributed by atoms with Crippen molar-refractivity contribution >= 4 is 28.5 Å². The van der Waals surface area contributed by atoms with Crippen molar-refractivity contribution < 1.29 is 23.0 Å². The Bertz CT molecular complexity index is 1130. The number of H-pyrrole nitrogens is 1. The topological polar surface area (TPSA) is 60.8 Å². The number of aromatic amines is 1. The van der Waals surface area contributed by atoms with Crippen LogP contribution < -0.4 is 4.90 Å². The van der Waals surface area contributed by atoms with E-state index in [0.717, 1.165) is 22.5 Å². The zero-order chi connectivity index (χ0) is 22.3. The second-order valence-corrected chi connectivity index (χ2v) is 8.00. The average molecular weight is 431 g/mol. The van der Waals surface area contributed by atoms with Gasteiger partial charge in [0.2, 0.25) is 0 Å². The van der Waals surface area contributed by atoms with Gasteiger partial charge in [-0.1, -0.05) is 12.1 Å². The van der Waals surface area contributed by atoms with E-state index in [1.807, 2.05) is 39.0 Å². The number of ether oxygens (including phenoxy) is 1. The molecule has 1 saturated heterocycles. The zero-order valence-corrected chi connectivity index (χ0v) is 17.5. The number of anilines is 1. The third-order valence-electron chi connectivity index (χ3n) is 5.44. The molecule has 0 bridgehead atoms. The molecular formula is C23H24F3N3O2. The first-order valence-electron chi connectivity index (χ1n) is 10.1. The number of aromatic hydroxyl groups is 1. The van der Waals surface area contributed by atoms with Gasteiger partial charge in [-0.2, -0.15) is 13.2 Å². The smallest absolute Gasteiger partial charge is 0.418 e. The third kappa shape index (κ3) is 4.25. The molecule has 2 heterocycles. The summed E-state index contributed by atoms with van der Waals surface area (Å²) in [6.45, 7) is 6.37. The number of fused-ring (bicyclic) bond motifs is 1. The summed E-state index contributed by atoms with van der Waals surface area (Å²) in [6, 6.07) is 9.64. The Morgan fingerprint density at radius 1 is 1.16 bits per heavy atom. The van der Waals surface area contributed by atoms with Gasteiger partial charge in [0, 0.05) is 35.9 Å². The molecule has 0 saturated carbocycles. The highest BCUT2D eigenvalue weighted by Crippen LogP contribution is 2.40. The molecule has 1 aliphatic rings. The van der Waals surface area contributed by atoms with Crippen LogP contribution in [-0.2, 0) is 10.9 Å². The van der Waals surface area contributed by atoms with Gasteiger partial charge in [-0.05, 0) is 50.6 Å². The van der Waals surface area contributed by atoms with Crippen molar-refractivity contribution in [2.75, 3.05) is 18.0 Å². The summed E-state index contributed by atoms with van der Waals surface area (Å²) in [5.74, 6) is -0.0722. The lowest BCUT2D eigenvalue weighted by molar-refractivity contribution is -0.137. The minimum atomic E-state index is -4.52. The Kier molecular flexibility index (Phi) is 5.43. The summed E-state index contributed by atoms with van der Waals surface area (Å²) in [5, 5.41) is 11.0. The van der Waals surface area contributed by atoms with Crippen LogP contribution in [0.1, 0.15) is 30.5 Å². The molecule has 0 amide bonds. The minimum Gasteiger partial charge on any atom is -0.494 e. The second kappa shape index (κ2) is 7.92. The summed E-state index contributed by atoms with van der Waals surface area (Å²) >= 11 is 0. The molecule has 2 atom stereocenters. The van der Waals surface area contributed by atoms with Crippen molar-refractivity contribution in [3.05, 3.63) is 53.1 Å². The van der Waals surface area contributed by atoms with Gasteiger partial charge >= 0.3 is 6.18 Å². The van der Waals surface area contributed by atoms with E-state index in [2.05, 4.69) is 9.98 Å². The number of benzene rings is 2. The van der Waals surface area contributed by atoms with E-state index in [-0.39, 0.29) is 29.5 Å². The monoisotopic (exact) mass is 431 g/mol. The number of nitrogens with one attached hydrogen (secondary N) is 1. The molecule has 1 fully saturated rings. The van der Waals surface area contributed by atoms with E-state index in [4.69, 9.17) is 4.74 Å². The van der Waals surface area contributed by atoms with Gasteiger partial charge < -0.3 is 19.7 Å². The van der Waals surface area contributed by atoms with Crippen LogP contribution in [-0.4, -0.2) is 41.6 Å². The number of nitrogens with zero attached hydrogens (tertiary/aromatic N) is 2. The molecule has 31 heavy (non-hydrogen) atoms. The van der Waals surface area contributed by atoms with E-state index in [1.165, 1.54) is 12.3 Å². The average Bonchev–Trinajstić information content (AvgIpc) is 3.01. The molecular weight excluding hydrogens is 407 g/mol. The summed E-state index contributed by atoms with van der Waals surface area (Å²) in [6.07, 6.45) is -3.44. The van der Waals surface area contributed by atoms with Crippen LogP contribution in [0.3, 0.4) is 0 Å². The number of aromatic nitrogens is 1. The van der Waals surface area contributed by atoms with Crippen LogP contribution in [0.15, 0.2) is 41.4 Å². The predicted molar refractivity (Wildman–Crippen MR) is 116 cm³/mol. The predicted octanol–water partition coefficient (Wildman–Crippen LogP) is 5.56. The number of alkyl halides is 3. The highest BCUT2D eigenvalue weighted by atomic mass is 19.4. The Labute approximate surface area is 178 Å². The van der Waals surface area contributed by atoms with Gasteiger partial charge in [-0.15, -0.1) is 0 Å². The van der Waals surface area contributed by atoms with Gasteiger partial charge in [-0.25, -0.2) is 0 Å². The van der Waals surface area contributed by atoms with Crippen molar-refractivity contribution in [3.63, 3.8) is 0 Å². The minimum absolute atomic E-state index is 0.0722. The van der Waals surface area contributed by atoms with Gasteiger partial charge in [0.05, 0.1) is 29.0 Å². The first-order valence-corrected chi connectivity index (χ1v) is 10.1. The van der Waals surface area contributed by atoms with Crippen LogP contribution in [0.5, 0.6) is 5.88 Å². The Morgan fingerprint density at radius 3 is 2.55 bits per heavy atom. The summed E-state index contributed by atoms with van der Waals surface area (Å²) in [4.78, 5) is 8.82. The molecule has 3 aromatic rings. The molecule has 0 radical (unpaired) electrons. The lowest BCUT2D eigenvalue weighted by Gasteiger charge is -2.38. The lowest BCUT2D eigenvalue weighted by Crippen LogP contribution is -2.46. The van der Waals surface area contributed by atoms with Crippen LogP contribution in [0.25, 0.3) is 10.9 Å². The zero-order valence-electron chi connectivity index (χ0n) is 17.5. The summed E-state index contributed by atoms with van der Waals surface area (Å²) in [5.41, 5.74) is 1.66. The molecule has 0 aliphatic carbocycles. The number of halogens is 3. The molecule has 1 aliphatic heterocycles. The Morgan fingerprint density at radius 2 is 1.87 bits per heavy atom. The van der Waals surface area contributed by atoms with Gasteiger partial charge in [-0.3, -0.25) is 4.99 Å². The quantitative estimate of drug-likeness (QED) is 0.534. The first kappa shape index (κ1) is 21.2. The number of rotatable bonds is 3. The molecule has 1 aromatic heterocycles. The van der Waals surface area contributed by atoms with Gasteiger partial charge in [0.25, 0.3) is 0 Å². The highest BCUT2D eigenvalue weighted by molar-refractivity contribution is 6.04. The number of morpholine rings is 1. The SMILES string of the molecule is Cc1cccc2[nH]c(O)c(C=Nc3ccc(N4CC(C)OC(C)C4)c(C(F)(F)F)c3)c12. The largest absolute Gasteiger partial charge is 0.494 e. The maximum Gasteiger partial charge on any atom is 0.418 e. The van der Waals surface area contributed by atoms with E-state index in [1.54, 1.807) is 11.0 Å². The molecule has 4 rings (SSSR count). The van der Waals surface area contributed by atoms with E-state index in [9.17, 15) is 18.3 Å². The van der Waals surface area contributed by atoms with Crippen LogP contribution in [0.2, 0.25) is 0 Å². The summed E-state index contributed by atoms with van der Waals surface area (Å²) in [7, 11) is 0. The van der Waals surface area contributed by atoms with E-state index < -0.39 is 11.7 Å². The van der Waals surface area contributed by atoms with Gasteiger partial charge in [0.1, 0.15) is 0 Å². The Hall–Kier alpha value is -3.00. The number of aryl methyl sites for hydroxylation is 1. The fraction of sp³-hybridized carbons (Fsp3) is 0.348. The molecule has 2 N–H and O–H groups in total. The molecule has 0 spiro atoms. The number of aliphatic imine (C=N–C) groups is 1. The fourth-order valence-electron chi connectivity index (χ4n) is 4.19. The maximum absolute atomic E-state index is 13.9. The molecule has 2 aromatic carbocycles. The normalized spacial score (nSPS) is 20.1. The number of hydrogen-bond acceptors (Lipinski definition) is 4. The third-order valence-corrected chi connectivity index (χ3v) is 5.44. The van der Waals surface area contributed by atoms with Gasteiger partial charge in [0.15, 0.2) is 5.88 Å². The standard InChI is InChI=1S/C23H24F3N3O2/c1-13-5-4-6-19-21(13)17(22(30)28-19)10-27-16-7-8-20(18(9-16)23(24,25)26)29-11-14(2)31-15(3)12-29/h4-10,14-15,28,30H,11-12H2,1-3H3. The molecule has 5 nitrogen and oxygen atoms in total. The van der Waals surface area contributed by atoms with Crippen molar-refractivity contribution in [3.8, 4) is 5.88 Å². The molecule has 2 unspecified atom stereocenters.